The molecule has 0 fully saturated rings. The molecular weight excluding hydrogens is 209 g/mol. The second kappa shape index (κ2) is 3.41. The number of allylic oxidation sites excluding steroid dienone is 1. The Hall–Kier alpha value is -0.786. The second-order valence-corrected chi connectivity index (χ2v) is 4.45. The number of hydrogen-bond donors (Lipinski definition) is 0. The summed E-state index contributed by atoms with van der Waals surface area (Å²) in [6.45, 7) is 6.20. The van der Waals surface area contributed by atoms with Crippen molar-refractivity contribution in [1.29, 1.82) is 0 Å². The van der Waals surface area contributed by atoms with E-state index < -0.39 is 0 Å². The van der Waals surface area contributed by atoms with Gasteiger partial charge in [0.25, 0.3) is 0 Å². The maximum absolute atomic E-state index is 4.07. The predicted octanol–water partition coefficient (Wildman–Crippen LogP) is 2.02. The van der Waals surface area contributed by atoms with Crippen LogP contribution in [0.2, 0.25) is 0 Å². The third-order valence-corrected chi connectivity index (χ3v) is 3.53. The summed E-state index contributed by atoms with van der Waals surface area (Å²) in [7, 11) is 2.07. The molecule has 1 heterocycles. The number of rotatable bonds is 0. The fourth-order valence-corrected chi connectivity index (χ4v) is 2.32. The van der Waals surface area contributed by atoms with Crippen molar-refractivity contribution in [2.24, 2.45) is 0 Å². The first-order chi connectivity index (χ1) is 6.59. The first-order valence-electron chi connectivity index (χ1n) is 4.67. The van der Waals surface area contributed by atoms with Crippen molar-refractivity contribution < 1.29 is 17.0 Å². The van der Waals surface area contributed by atoms with Crippen LogP contribution in [0.1, 0.15) is 16.7 Å². The van der Waals surface area contributed by atoms with Crippen molar-refractivity contribution in [3.05, 3.63) is 47.2 Å². The number of benzene rings is 1. The van der Waals surface area contributed by atoms with Crippen LogP contribution in [0.3, 0.4) is 0 Å². The van der Waals surface area contributed by atoms with E-state index in [4.69, 9.17) is 0 Å². The SMILES string of the molecule is C=C1Cc2cc(C)ccc2[C](=[V])N1C. The van der Waals surface area contributed by atoms with Gasteiger partial charge in [0, 0.05) is 0 Å². The monoisotopic (exact) mass is 222 g/mol. The molecular formula is C12H13NV. The van der Waals surface area contributed by atoms with Gasteiger partial charge in [-0.3, -0.25) is 0 Å². The number of hydrogen-bond acceptors (Lipinski definition) is 1. The van der Waals surface area contributed by atoms with Crippen LogP contribution in [-0.4, -0.2) is 16.3 Å². The van der Waals surface area contributed by atoms with Gasteiger partial charge in [-0.1, -0.05) is 0 Å². The molecule has 14 heavy (non-hydrogen) atoms. The fourth-order valence-electron chi connectivity index (χ4n) is 1.76. The third-order valence-electron chi connectivity index (χ3n) is 2.69. The summed E-state index contributed by atoms with van der Waals surface area (Å²) in [5.41, 5.74) is 5.22. The van der Waals surface area contributed by atoms with Crippen LogP contribution < -0.4 is 0 Å². The average Bonchev–Trinajstić information content (AvgIpc) is 2.14. The summed E-state index contributed by atoms with van der Waals surface area (Å²) in [6, 6.07) is 6.61. The fraction of sp³-hybridized carbons (Fsp3) is 0.250. The van der Waals surface area contributed by atoms with Crippen LogP contribution in [0, 0.1) is 6.92 Å². The van der Waals surface area contributed by atoms with Crippen LogP contribution >= 0.6 is 0 Å². The Balaban J connectivity index is 2.56. The molecule has 0 unspecified atom stereocenters. The average molecular weight is 222 g/mol. The zero-order valence-corrected chi connectivity index (χ0v) is 9.94. The molecule has 1 aliphatic rings. The van der Waals surface area contributed by atoms with Crippen molar-refractivity contribution in [3.63, 3.8) is 0 Å². The maximum atomic E-state index is 4.07. The summed E-state index contributed by atoms with van der Waals surface area (Å²) in [6.07, 6.45) is 0.967. The van der Waals surface area contributed by atoms with E-state index in [1.54, 1.807) is 0 Å². The van der Waals surface area contributed by atoms with Crippen LogP contribution in [0.5, 0.6) is 0 Å². The molecule has 0 N–H and O–H groups in total. The molecule has 0 aliphatic carbocycles. The van der Waals surface area contributed by atoms with Gasteiger partial charge >= 0.3 is 93.8 Å². The molecule has 0 bridgehead atoms. The Morgan fingerprint density at radius 1 is 1.43 bits per heavy atom. The first kappa shape index (κ1) is 9.76. The van der Waals surface area contributed by atoms with E-state index in [1.165, 1.54) is 26.7 Å². The van der Waals surface area contributed by atoms with E-state index in [0.29, 0.717) is 0 Å². The minimum absolute atomic E-state index is 0.967. The van der Waals surface area contributed by atoms with Crippen LogP contribution in [-0.2, 0) is 23.4 Å². The summed E-state index contributed by atoms with van der Waals surface area (Å²) in [4.78, 5) is 2.15. The quantitative estimate of drug-likeness (QED) is 0.649. The topological polar surface area (TPSA) is 3.24 Å². The summed E-state index contributed by atoms with van der Waals surface area (Å²) in [5.74, 6) is 0. The van der Waals surface area contributed by atoms with Gasteiger partial charge in [0.15, 0.2) is 0 Å². The van der Waals surface area contributed by atoms with Crippen molar-refractivity contribution in [2.45, 2.75) is 13.3 Å². The normalized spacial score (nSPS) is 15.6. The Bertz CT molecular complexity index is 420. The van der Waals surface area contributed by atoms with Gasteiger partial charge in [0.1, 0.15) is 0 Å². The van der Waals surface area contributed by atoms with Crippen LogP contribution in [0.4, 0.5) is 0 Å². The number of fused-ring (bicyclic) bond motifs is 1. The molecule has 0 saturated heterocycles. The molecule has 0 spiro atoms. The zero-order chi connectivity index (χ0) is 10.3. The molecule has 0 aromatic heterocycles. The summed E-state index contributed by atoms with van der Waals surface area (Å²) >= 11 is 2.63. The molecule has 2 rings (SSSR count). The standard InChI is InChI=1S/C12H13N.V/c1-9-4-5-11-8-13(3)10(2)7-12(11)6-9;/h4-6H,2,7H2,1,3H3;. The van der Waals surface area contributed by atoms with E-state index in [9.17, 15) is 0 Å². The van der Waals surface area contributed by atoms with Gasteiger partial charge < -0.3 is 0 Å². The molecule has 0 atom stereocenters. The second-order valence-electron chi connectivity index (χ2n) is 3.79. The number of likely N-dealkylation sites (N-methyl/N-ethyl adjacent to an activating group) is 1. The van der Waals surface area contributed by atoms with Crippen molar-refractivity contribution in [2.75, 3.05) is 7.05 Å². The van der Waals surface area contributed by atoms with E-state index in [-0.39, 0.29) is 0 Å². The van der Waals surface area contributed by atoms with Crippen molar-refractivity contribution in [1.82, 2.24) is 4.90 Å². The van der Waals surface area contributed by atoms with E-state index in [2.05, 4.69) is 60.6 Å². The molecule has 1 nitrogen and oxygen atoms in total. The number of nitrogens with zero attached hydrogens (tertiary/aromatic N) is 1. The predicted molar refractivity (Wildman–Crippen MR) is 55.9 cm³/mol. The zero-order valence-electron chi connectivity index (χ0n) is 8.54. The summed E-state index contributed by atoms with van der Waals surface area (Å²) < 4.78 is 1.24. The van der Waals surface area contributed by atoms with E-state index in [1.807, 2.05) is 0 Å². The Labute approximate surface area is 93.9 Å². The molecule has 1 aliphatic heterocycles. The first-order valence-corrected chi connectivity index (χ1v) is 5.37. The molecule has 71 valence electrons. The van der Waals surface area contributed by atoms with Gasteiger partial charge in [-0.25, -0.2) is 0 Å². The Kier molecular flexibility index (Phi) is 2.38. The van der Waals surface area contributed by atoms with Crippen LogP contribution in [0.15, 0.2) is 30.5 Å². The van der Waals surface area contributed by atoms with Gasteiger partial charge in [0.05, 0.1) is 0 Å². The number of aryl methyl sites for hydroxylation is 1. The van der Waals surface area contributed by atoms with Gasteiger partial charge in [-0.15, -0.1) is 0 Å². The third kappa shape index (κ3) is 1.47. The molecule has 1 aromatic carbocycles. The molecule has 2 heteroatoms. The van der Waals surface area contributed by atoms with Gasteiger partial charge in [0.2, 0.25) is 0 Å². The Morgan fingerprint density at radius 3 is 2.86 bits per heavy atom. The molecule has 0 saturated carbocycles. The van der Waals surface area contributed by atoms with Crippen LogP contribution in [0.25, 0.3) is 0 Å². The van der Waals surface area contributed by atoms with Crippen molar-refractivity contribution >= 4 is 4.35 Å². The van der Waals surface area contributed by atoms with Gasteiger partial charge in [-0.05, 0) is 0 Å². The van der Waals surface area contributed by atoms with E-state index >= 15 is 0 Å². The van der Waals surface area contributed by atoms with E-state index in [0.717, 1.165) is 6.42 Å². The van der Waals surface area contributed by atoms with Gasteiger partial charge in [-0.2, -0.15) is 0 Å². The minimum atomic E-state index is 0.967. The Morgan fingerprint density at radius 2 is 2.14 bits per heavy atom. The molecule has 1 aromatic rings. The molecule has 0 radical (unpaired) electrons. The van der Waals surface area contributed by atoms with Crippen molar-refractivity contribution in [3.8, 4) is 0 Å². The molecule has 0 amide bonds. The summed E-state index contributed by atoms with van der Waals surface area (Å²) in [5, 5.41) is 0.